The van der Waals surface area contributed by atoms with E-state index in [4.69, 9.17) is 0 Å². The van der Waals surface area contributed by atoms with E-state index in [-0.39, 0.29) is 24.7 Å². The Kier molecular flexibility index (Phi) is 7.39. The molecule has 27 heavy (non-hydrogen) atoms. The fourth-order valence-corrected chi connectivity index (χ4v) is 3.80. The molecule has 0 bridgehead atoms. The molecule has 0 aliphatic heterocycles. The predicted molar refractivity (Wildman–Crippen MR) is 106 cm³/mol. The molecule has 148 valence electrons. The first-order chi connectivity index (χ1) is 12.8. The molecule has 0 atom stereocenters. The fraction of sp³-hybridized carbons (Fsp3) is 0.571. The summed E-state index contributed by atoms with van der Waals surface area (Å²) in [4.78, 5) is 35.5. The second-order valence-corrected chi connectivity index (χ2v) is 8.08. The Labute approximate surface area is 160 Å². The smallest absolute Gasteiger partial charge is 0.303 e. The molecule has 3 N–H and O–H groups in total. The van der Waals surface area contributed by atoms with Gasteiger partial charge in [0.15, 0.2) is 0 Å². The number of benzene rings is 1. The van der Waals surface area contributed by atoms with Crippen LogP contribution in [-0.4, -0.2) is 22.9 Å². The number of carbonyl (C=O) groups excluding carboxylic acids is 2. The largest absolute Gasteiger partial charge is 0.481 e. The van der Waals surface area contributed by atoms with E-state index in [1.807, 2.05) is 13.8 Å². The van der Waals surface area contributed by atoms with Gasteiger partial charge in [-0.3, -0.25) is 14.4 Å². The Bertz CT molecular complexity index is 661. The number of carbonyl (C=O) groups is 3. The Balaban J connectivity index is 1.92. The quantitative estimate of drug-likeness (QED) is 0.627. The summed E-state index contributed by atoms with van der Waals surface area (Å²) in [5.41, 5.74) is 0.898. The van der Waals surface area contributed by atoms with E-state index in [1.54, 1.807) is 24.3 Å². The molecule has 0 unspecified atom stereocenters. The van der Waals surface area contributed by atoms with Gasteiger partial charge >= 0.3 is 5.97 Å². The molecule has 2 rings (SSSR count). The molecule has 1 aromatic rings. The number of carboxylic acids is 1. The van der Waals surface area contributed by atoms with Crippen LogP contribution < -0.4 is 10.6 Å². The third-order valence-corrected chi connectivity index (χ3v) is 5.02. The minimum Gasteiger partial charge on any atom is -0.481 e. The van der Waals surface area contributed by atoms with E-state index in [1.165, 1.54) is 0 Å². The highest BCUT2D eigenvalue weighted by Crippen LogP contribution is 2.42. The van der Waals surface area contributed by atoms with E-state index in [0.717, 1.165) is 32.1 Å². The summed E-state index contributed by atoms with van der Waals surface area (Å²) < 4.78 is 0. The van der Waals surface area contributed by atoms with Gasteiger partial charge in [0.25, 0.3) is 0 Å². The maximum atomic E-state index is 12.5. The Morgan fingerprint density at radius 1 is 0.926 bits per heavy atom. The van der Waals surface area contributed by atoms with Crippen LogP contribution >= 0.6 is 0 Å². The lowest BCUT2D eigenvalue weighted by molar-refractivity contribution is -0.141. The highest BCUT2D eigenvalue weighted by Gasteiger charge is 2.36. The van der Waals surface area contributed by atoms with E-state index in [2.05, 4.69) is 10.6 Å². The van der Waals surface area contributed by atoms with Crippen LogP contribution in [-0.2, 0) is 14.4 Å². The van der Waals surface area contributed by atoms with Gasteiger partial charge in [-0.25, -0.2) is 0 Å². The molecule has 0 radical (unpaired) electrons. The third kappa shape index (κ3) is 7.04. The topological polar surface area (TPSA) is 95.5 Å². The average molecular weight is 374 g/mol. The molecule has 0 saturated heterocycles. The molecule has 1 aromatic carbocycles. The van der Waals surface area contributed by atoms with Gasteiger partial charge in [-0.05, 0) is 48.4 Å². The lowest BCUT2D eigenvalue weighted by Gasteiger charge is -2.35. The van der Waals surface area contributed by atoms with Crippen LogP contribution in [0.15, 0.2) is 24.3 Å². The van der Waals surface area contributed by atoms with Gasteiger partial charge in [-0.2, -0.15) is 0 Å². The van der Waals surface area contributed by atoms with Crippen molar-refractivity contribution in [3.8, 4) is 0 Å². The summed E-state index contributed by atoms with van der Waals surface area (Å²) in [6, 6.07) is 6.99. The van der Waals surface area contributed by atoms with Gasteiger partial charge in [0.05, 0.1) is 6.42 Å². The third-order valence-electron chi connectivity index (χ3n) is 5.02. The van der Waals surface area contributed by atoms with Gasteiger partial charge in [0.1, 0.15) is 0 Å². The first-order valence-electron chi connectivity index (χ1n) is 9.70. The van der Waals surface area contributed by atoms with Crippen molar-refractivity contribution in [2.24, 2.45) is 11.3 Å². The van der Waals surface area contributed by atoms with Crippen LogP contribution in [0.1, 0.15) is 65.2 Å². The van der Waals surface area contributed by atoms with Crippen molar-refractivity contribution in [1.82, 2.24) is 0 Å². The normalized spacial score (nSPS) is 16.0. The molecule has 2 amide bonds. The van der Waals surface area contributed by atoms with E-state index in [9.17, 15) is 19.5 Å². The second kappa shape index (κ2) is 9.53. The van der Waals surface area contributed by atoms with Crippen LogP contribution in [0.2, 0.25) is 0 Å². The summed E-state index contributed by atoms with van der Waals surface area (Å²) in [5.74, 6) is -0.739. The van der Waals surface area contributed by atoms with Gasteiger partial charge in [0.2, 0.25) is 11.8 Å². The molecule has 1 aliphatic carbocycles. The molecule has 6 nitrogen and oxygen atoms in total. The lowest BCUT2D eigenvalue weighted by atomic mass is 9.69. The molecule has 1 fully saturated rings. The molecule has 1 aliphatic rings. The molecule has 0 spiro atoms. The number of carboxylic acid groups (broad SMARTS) is 1. The summed E-state index contributed by atoms with van der Waals surface area (Å²) in [6.45, 7) is 3.98. The number of anilines is 2. The first kappa shape index (κ1) is 20.9. The Morgan fingerprint density at radius 3 is 1.93 bits per heavy atom. The van der Waals surface area contributed by atoms with Crippen molar-refractivity contribution >= 4 is 29.2 Å². The van der Waals surface area contributed by atoms with Crippen molar-refractivity contribution in [3.05, 3.63) is 24.3 Å². The van der Waals surface area contributed by atoms with Crippen molar-refractivity contribution in [2.45, 2.75) is 65.2 Å². The van der Waals surface area contributed by atoms with Gasteiger partial charge in [0, 0.05) is 24.2 Å². The molecule has 0 aromatic heterocycles. The van der Waals surface area contributed by atoms with E-state index in [0.29, 0.717) is 23.7 Å². The minimum absolute atomic E-state index is 0.0327. The van der Waals surface area contributed by atoms with Crippen molar-refractivity contribution in [3.63, 3.8) is 0 Å². The number of aliphatic carboxylic acids is 1. The fourth-order valence-electron chi connectivity index (χ4n) is 3.80. The number of rotatable bonds is 8. The van der Waals surface area contributed by atoms with Crippen molar-refractivity contribution in [2.75, 3.05) is 10.6 Å². The standard InChI is InChI=1S/C21H30N2O4/c1-15(2)12-18(24)22-16-6-8-17(9-7-16)23-19(25)13-21(14-20(26)27)10-4-3-5-11-21/h6-9,15H,3-5,10-14H2,1-2H3,(H,22,24)(H,23,25)(H,26,27). The van der Waals surface area contributed by atoms with Crippen LogP contribution in [0.4, 0.5) is 11.4 Å². The second-order valence-electron chi connectivity index (χ2n) is 8.08. The Morgan fingerprint density at radius 2 is 1.44 bits per heavy atom. The van der Waals surface area contributed by atoms with Gasteiger partial charge in [-0.15, -0.1) is 0 Å². The zero-order valence-corrected chi connectivity index (χ0v) is 16.2. The summed E-state index contributed by atoms with van der Waals surface area (Å²) in [6.07, 6.45) is 5.36. The average Bonchev–Trinajstić information content (AvgIpc) is 2.55. The van der Waals surface area contributed by atoms with Gasteiger partial charge in [-0.1, -0.05) is 33.1 Å². The molecular formula is C21H30N2O4. The molecule has 6 heteroatoms. The zero-order valence-electron chi connectivity index (χ0n) is 16.2. The van der Waals surface area contributed by atoms with E-state index >= 15 is 0 Å². The highest BCUT2D eigenvalue weighted by molar-refractivity contribution is 5.93. The minimum atomic E-state index is -0.841. The SMILES string of the molecule is CC(C)CC(=O)Nc1ccc(NC(=O)CC2(CC(=O)O)CCCCC2)cc1. The van der Waals surface area contributed by atoms with Crippen molar-refractivity contribution in [1.29, 1.82) is 0 Å². The number of amides is 2. The molecular weight excluding hydrogens is 344 g/mol. The summed E-state index contributed by atoms with van der Waals surface area (Å²) in [5, 5.41) is 14.9. The monoisotopic (exact) mass is 374 g/mol. The zero-order chi connectivity index (χ0) is 19.9. The van der Waals surface area contributed by atoms with E-state index < -0.39 is 11.4 Å². The van der Waals surface area contributed by atoms with Gasteiger partial charge < -0.3 is 15.7 Å². The number of hydrogen-bond acceptors (Lipinski definition) is 3. The van der Waals surface area contributed by atoms with Crippen molar-refractivity contribution < 1.29 is 19.5 Å². The lowest BCUT2D eigenvalue weighted by Crippen LogP contribution is -2.32. The van der Waals surface area contributed by atoms with Crippen LogP contribution in [0, 0.1) is 11.3 Å². The maximum absolute atomic E-state index is 12.5. The molecule has 1 saturated carbocycles. The highest BCUT2D eigenvalue weighted by atomic mass is 16.4. The van der Waals surface area contributed by atoms with Crippen LogP contribution in [0.25, 0.3) is 0 Å². The molecule has 0 heterocycles. The summed E-state index contributed by atoms with van der Waals surface area (Å²) >= 11 is 0. The first-order valence-corrected chi connectivity index (χ1v) is 9.70. The number of nitrogens with one attached hydrogen (secondary N) is 2. The number of hydrogen-bond donors (Lipinski definition) is 3. The predicted octanol–water partition coefficient (Wildman–Crippen LogP) is 4.43. The summed E-state index contributed by atoms with van der Waals surface area (Å²) in [7, 11) is 0. The van der Waals surface area contributed by atoms with Crippen LogP contribution in [0.5, 0.6) is 0 Å². The maximum Gasteiger partial charge on any atom is 0.303 e. The Hall–Kier alpha value is -2.37. The van der Waals surface area contributed by atoms with Crippen LogP contribution in [0.3, 0.4) is 0 Å².